The number of rotatable bonds is 8. The lowest BCUT2D eigenvalue weighted by atomic mass is 10.1. The molecule has 0 radical (unpaired) electrons. The highest BCUT2D eigenvalue weighted by Crippen LogP contribution is 2.24. The Kier molecular flexibility index (Phi) is 7.01. The van der Waals surface area contributed by atoms with Crippen molar-refractivity contribution in [3.63, 3.8) is 0 Å². The summed E-state index contributed by atoms with van der Waals surface area (Å²) in [5.74, 6) is 0.392. The molecule has 2 aromatic heterocycles. The lowest BCUT2D eigenvalue weighted by Gasteiger charge is -2.14. The minimum Gasteiger partial charge on any atom is -0.497 e. The van der Waals surface area contributed by atoms with Crippen LogP contribution in [0.1, 0.15) is 16.8 Å². The SMILES string of the molecule is COc1ccnc(CNc2ncc(Br)cc2S(=O)(=O)NCc2cc(F)ccc2C)c1. The van der Waals surface area contributed by atoms with E-state index in [1.165, 1.54) is 24.4 Å². The molecule has 0 saturated heterocycles. The topological polar surface area (TPSA) is 93.2 Å². The average Bonchev–Trinajstić information content (AvgIpc) is 2.73. The maximum absolute atomic E-state index is 13.5. The first-order valence-electron chi connectivity index (χ1n) is 8.91. The summed E-state index contributed by atoms with van der Waals surface area (Å²) in [4.78, 5) is 8.38. The van der Waals surface area contributed by atoms with Gasteiger partial charge in [-0.05, 0) is 58.2 Å². The van der Waals surface area contributed by atoms with E-state index < -0.39 is 15.8 Å². The Balaban J connectivity index is 1.81. The van der Waals surface area contributed by atoms with Gasteiger partial charge in [-0.15, -0.1) is 0 Å². The zero-order chi connectivity index (χ0) is 21.7. The van der Waals surface area contributed by atoms with Gasteiger partial charge in [-0.2, -0.15) is 0 Å². The fourth-order valence-corrected chi connectivity index (χ4v) is 4.34. The molecule has 0 amide bonds. The number of pyridine rings is 2. The van der Waals surface area contributed by atoms with Crippen LogP contribution in [0.4, 0.5) is 10.2 Å². The standard InChI is InChI=1S/C20H20BrFN4O3S/c1-13-3-4-16(22)7-14(13)10-26-30(27,28)19-8-15(21)11-24-20(19)25-12-17-9-18(29-2)5-6-23-17/h3-9,11,26H,10,12H2,1-2H3,(H,24,25). The number of benzene rings is 1. The van der Waals surface area contributed by atoms with Crippen LogP contribution < -0.4 is 14.8 Å². The highest BCUT2D eigenvalue weighted by Gasteiger charge is 2.21. The van der Waals surface area contributed by atoms with Crippen molar-refractivity contribution in [1.82, 2.24) is 14.7 Å². The number of nitrogens with one attached hydrogen (secondary N) is 2. The predicted octanol–water partition coefficient (Wildman–Crippen LogP) is 3.79. The first kappa shape index (κ1) is 22.1. The number of anilines is 1. The maximum Gasteiger partial charge on any atom is 0.244 e. The number of aromatic nitrogens is 2. The van der Waals surface area contributed by atoms with Crippen molar-refractivity contribution in [2.24, 2.45) is 0 Å². The van der Waals surface area contributed by atoms with Crippen LogP contribution >= 0.6 is 15.9 Å². The van der Waals surface area contributed by atoms with E-state index in [4.69, 9.17) is 4.74 Å². The van der Waals surface area contributed by atoms with Crippen LogP contribution in [-0.2, 0) is 23.1 Å². The Hall–Kier alpha value is -2.56. The molecule has 0 bridgehead atoms. The Bertz CT molecular complexity index is 1160. The molecular formula is C20H20BrFN4O3S. The monoisotopic (exact) mass is 494 g/mol. The minimum atomic E-state index is -3.93. The number of halogens is 2. The van der Waals surface area contributed by atoms with Crippen molar-refractivity contribution < 1.29 is 17.5 Å². The average molecular weight is 495 g/mol. The van der Waals surface area contributed by atoms with E-state index in [9.17, 15) is 12.8 Å². The molecule has 158 valence electrons. The third-order valence-electron chi connectivity index (χ3n) is 4.33. The summed E-state index contributed by atoms with van der Waals surface area (Å²) in [5.41, 5.74) is 2.00. The summed E-state index contributed by atoms with van der Waals surface area (Å²) < 4.78 is 47.6. The van der Waals surface area contributed by atoms with Crippen LogP contribution in [0.2, 0.25) is 0 Å². The molecule has 0 saturated carbocycles. The molecule has 0 atom stereocenters. The number of nitrogens with zero attached hydrogens (tertiary/aromatic N) is 2. The van der Waals surface area contributed by atoms with Gasteiger partial charge in [-0.3, -0.25) is 4.98 Å². The molecule has 0 aliphatic carbocycles. The molecule has 1 aromatic carbocycles. The van der Waals surface area contributed by atoms with E-state index in [1.54, 1.807) is 38.4 Å². The fourth-order valence-electron chi connectivity index (χ4n) is 2.69. The summed E-state index contributed by atoms with van der Waals surface area (Å²) >= 11 is 3.26. The molecule has 3 aromatic rings. The van der Waals surface area contributed by atoms with Crippen molar-refractivity contribution in [1.29, 1.82) is 0 Å². The van der Waals surface area contributed by atoms with Gasteiger partial charge in [0.25, 0.3) is 0 Å². The number of sulfonamides is 1. The second-order valence-corrected chi connectivity index (χ2v) is 9.09. The van der Waals surface area contributed by atoms with Gasteiger partial charge in [0.05, 0.1) is 19.3 Å². The van der Waals surface area contributed by atoms with Gasteiger partial charge in [-0.25, -0.2) is 22.5 Å². The fraction of sp³-hybridized carbons (Fsp3) is 0.200. The smallest absolute Gasteiger partial charge is 0.244 e. The molecule has 30 heavy (non-hydrogen) atoms. The largest absolute Gasteiger partial charge is 0.497 e. The summed E-state index contributed by atoms with van der Waals surface area (Å²) in [6.07, 6.45) is 3.10. The number of ether oxygens (including phenoxy) is 1. The van der Waals surface area contributed by atoms with E-state index in [0.29, 0.717) is 21.5 Å². The lowest BCUT2D eigenvalue weighted by Crippen LogP contribution is -2.25. The first-order chi connectivity index (χ1) is 14.3. The van der Waals surface area contributed by atoms with Gasteiger partial charge < -0.3 is 10.1 Å². The summed E-state index contributed by atoms with van der Waals surface area (Å²) in [5, 5.41) is 3.00. The predicted molar refractivity (Wildman–Crippen MR) is 115 cm³/mol. The zero-order valence-corrected chi connectivity index (χ0v) is 18.7. The molecule has 10 heteroatoms. The van der Waals surface area contributed by atoms with Crippen molar-refractivity contribution >= 4 is 31.8 Å². The van der Waals surface area contributed by atoms with Crippen LogP contribution in [0.5, 0.6) is 5.75 Å². The highest BCUT2D eigenvalue weighted by molar-refractivity contribution is 9.10. The normalized spacial score (nSPS) is 11.3. The maximum atomic E-state index is 13.5. The molecular weight excluding hydrogens is 475 g/mol. The minimum absolute atomic E-state index is 0.0335. The van der Waals surface area contributed by atoms with E-state index in [2.05, 4.69) is 35.9 Å². The second kappa shape index (κ2) is 9.50. The van der Waals surface area contributed by atoms with Crippen molar-refractivity contribution in [2.45, 2.75) is 24.9 Å². The number of hydrogen-bond acceptors (Lipinski definition) is 6. The van der Waals surface area contributed by atoms with Crippen molar-refractivity contribution in [3.8, 4) is 5.75 Å². The molecule has 3 rings (SSSR count). The van der Waals surface area contributed by atoms with Gasteiger partial charge in [0.2, 0.25) is 10.0 Å². The Morgan fingerprint density at radius 2 is 1.93 bits per heavy atom. The summed E-state index contributed by atoms with van der Waals surface area (Å²) in [6.45, 7) is 1.99. The van der Waals surface area contributed by atoms with Gasteiger partial charge in [0.15, 0.2) is 0 Å². The van der Waals surface area contributed by atoms with Gasteiger partial charge in [0, 0.05) is 29.5 Å². The van der Waals surface area contributed by atoms with Crippen molar-refractivity contribution in [3.05, 3.63) is 75.9 Å². The molecule has 0 fully saturated rings. The van der Waals surface area contributed by atoms with Gasteiger partial charge in [0.1, 0.15) is 22.3 Å². The molecule has 0 spiro atoms. The van der Waals surface area contributed by atoms with Crippen LogP contribution in [0.3, 0.4) is 0 Å². The van der Waals surface area contributed by atoms with Crippen LogP contribution in [0, 0.1) is 12.7 Å². The van der Waals surface area contributed by atoms with Crippen LogP contribution in [0.15, 0.2) is 58.2 Å². The first-order valence-corrected chi connectivity index (χ1v) is 11.2. The molecule has 7 nitrogen and oxygen atoms in total. The van der Waals surface area contributed by atoms with Gasteiger partial charge >= 0.3 is 0 Å². The van der Waals surface area contributed by atoms with Gasteiger partial charge in [-0.1, -0.05) is 6.07 Å². The summed E-state index contributed by atoms with van der Waals surface area (Å²) in [7, 11) is -2.38. The van der Waals surface area contributed by atoms with E-state index in [-0.39, 0.29) is 23.8 Å². The van der Waals surface area contributed by atoms with E-state index >= 15 is 0 Å². The van der Waals surface area contributed by atoms with Crippen LogP contribution in [-0.4, -0.2) is 25.5 Å². The number of aryl methyl sites for hydroxylation is 1. The highest BCUT2D eigenvalue weighted by atomic mass is 79.9. The third kappa shape index (κ3) is 5.53. The Morgan fingerprint density at radius 3 is 2.70 bits per heavy atom. The molecule has 2 N–H and O–H groups in total. The summed E-state index contributed by atoms with van der Waals surface area (Å²) in [6, 6.07) is 9.16. The Morgan fingerprint density at radius 1 is 1.13 bits per heavy atom. The third-order valence-corrected chi connectivity index (χ3v) is 6.18. The van der Waals surface area contributed by atoms with Crippen molar-refractivity contribution in [2.75, 3.05) is 12.4 Å². The quantitative estimate of drug-likeness (QED) is 0.494. The Labute approximate surface area is 182 Å². The zero-order valence-electron chi connectivity index (χ0n) is 16.3. The van der Waals surface area contributed by atoms with Crippen LogP contribution in [0.25, 0.3) is 0 Å². The lowest BCUT2D eigenvalue weighted by molar-refractivity contribution is 0.413. The second-order valence-electron chi connectivity index (χ2n) is 6.44. The molecule has 0 aliphatic heterocycles. The molecule has 2 heterocycles. The number of hydrogen-bond donors (Lipinski definition) is 2. The molecule has 0 aliphatic rings. The van der Waals surface area contributed by atoms with E-state index in [0.717, 1.165) is 5.56 Å². The molecule has 0 unspecified atom stereocenters. The van der Waals surface area contributed by atoms with E-state index in [1.807, 2.05) is 0 Å². The number of methoxy groups -OCH3 is 1.